The molecule has 7 heteroatoms. The molecule has 0 saturated carbocycles. The first-order valence-corrected chi connectivity index (χ1v) is 11.1. The van der Waals surface area contributed by atoms with E-state index < -0.39 is 0 Å². The number of para-hydroxylation sites is 2. The minimum absolute atomic E-state index is 0.180. The molecule has 4 aromatic rings. The Balaban J connectivity index is 1.54. The van der Waals surface area contributed by atoms with Crippen LogP contribution in [0.1, 0.15) is 15.9 Å². The van der Waals surface area contributed by atoms with Gasteiger partial charge in [-0.25, -0.2) is 0 Å². The number of hydrogen-bond donors (Lipinski definition) is 1. The molecule has 0 radical (unpaired) electrons. The normalized spacial score (nSPS) is 10.5. The first-order valence-electron chi connectivity index (χ1n) is 9.99. The second-order valence-corrected chi connectivity index (χ2v) is 8.31. The van der Waals surface area contributed by atoms with E-state index in [1.54, 1.807) is 60.7 Å². The molecule has 0 fully saturated rings. The topological polar surface area (TPSA) is 47.6 Å². The lowest BCUT2D eigenvalue weighted by Gasteiger charge is -2.15. The molecule has 0 atom stereocenters. The van der Waals surface area contributed by atoms with E-state index in [2.05, 4.69) is 5.32 Å². The smallest absolute Gasteiger partial charge is 0.259 e. The lowest BCUT2D eigenvalue weighted by Crippen LogP contribution is -2.14. The van der Waals surface area contributed by atoms with Crippen molar-refractivity contribution in [3.05, 3.63) is 117 Å². The maximum absolute atomic E-state index is 13.1. The predicted octanol–water partition coefficient (Wildman–Crippen LogP) is 8.27. The second kappa shape index (κ2) is 10.6. The number of carbonyl (C=O) groups excluding carboxylic acids is 1. The summed E-state index contributed by atoms with van der Waals surface area (Å²) in [6.07, 6.45) is 0. The number of amides is 1. The summed E-state index contributed by atoms with van der Waals surface area (Å²) in [6, 6.07) is 26.4. The predicted molar refractivity (Wildman–Crippen MR) is 133 cm³/mol. The van der Waals surface area contributed by atoms with Crippen molar-refractivity contribution in [1.82, 2.24) is 0 Å². The first-order chi connectivity index (χ1) is 16.0. The lowest BCUT2D eigenvalue weighted by atomic mass is 10.1. The molecule has 0 aliphatic carbocycles. The van der Waals surface area contributed by atoms with E-state index in [1.165, 1.54) is 0 Å². The minimum Gasteiger partial charge on any atom is -0.488 e. The highest BCUT2D eigenvalue weighted by atomic mass is 35.5. The molecule has 0 aliphatic rings. The Bertz CT molecular complexity index is 1280. The van der Waals surface area contributed by atoms with Gasteiger partial charge in [0.15, 0.2) is 5.75 Å². The fraction of sp³-hybridized carbons (Fsp3) is 0.0385. The summed E-state index contributed by atoms with van der Waals surface area (Å²) in [5, 5.41) is 4.37. The number of halogens is 3. The Labute approximate surface area is 206 Å². The van der Waals surface area contributed by atoms with Crippen molar-refractivity contribution in [1.29, 1.82) is 0 Å². The van der Waals surface area contributed by atoms with Gasteiger partial charge >= 0.3 is 0 Å². The molecular formula is C26H18Cl3NO3. The molecule has 4 rings (SSSR count). The summed E-state index contributed by atoms with van der Waals surface area (Å²) < 4.78 is 11.8. The largest absolute Gasteiger partial charge is 0.488 e. The van der Waals surface area contributed by atoms with E-state index in [4.69, 9.17) is 44.3 Å². The molecule has 0 heterocycles. The van der Waals surface area contributed by atoms with Crippen molar-refractivity contribution in [3.63, 3.8) is 0 Å². The van der Waals surface area contributed by atoms with Crippen LogP contribution in [0.15, 0.2) is 91.0 Å². The molecule has 4 nitrogen and oxygen atoms in total. The Morgan fingerprint density at radius 3 is 2.24 bits per heavy atom. The molecular weight excluding hydrogens is 481 g/mol. The lowest BCUT2D eigenvalue weighted by molar-refractivity contribution is 0.102. The van der Waals surface area contributed by atoms with Gasteiger partial charge < -0.3 is 14.8 Å². The standard InChI is InChI=1S/C26H18Cl3NO3/c27-18-11-10-17(22(29)14-18)16-32-24-9-5-4-8-21(24)26(31)30-23-15-19(28)12-13-25(23)33-20-6-2-1-3-7-20/h1-15H,16H2,(H,30,31). The number of anilines is 1. The summed E-state index contributed by atoms with van der Waals surface area (Å²) in [6.45, 7) is 0.180. The van der Waals surface area contributed by atoms with Crippen molar-refractivity contribution in [2.24, 2.45) is 0 Å². The van der Waals surface area contributed by atoms with Crippen molar-refractivity contribution < 1.29 is 14.3 Å². The van der Waals surface area contributed by atoms with Crippen LogP contribution in [0.25, 0.3) is 0 Å². The van der Waals surface area contributed by atoms with Crippen LogP contribution in [0, 0.1) is 0 Å². The molecule has 4 aromatic carbocycles. The van der Waals surface area contributed by atoms with Crippen LogP contribution in [0.2, 0.25) is 15.1 Å². The van der Waals surface area contributed by atoms with E-state index >= 15 is 0 Å². The Morgan fingerprint density at radius 1 is 0.758 bits per heavy atom. The number of hydrogen-bond acceptors (Lipinski definition) is 3. The van der Waals surface area contributed by atoms with Crippen LogP contribution in [0.4, 0.5) is 5.69 Å². The van der Waals surface area contributed by atoms with Gasteiger partial charge in [-0.2, -0.15) is 0 Å². The number of carbonyl (C=O) groups is 1. The Morgan fingerprint density at radius 2 is 1.45 bits per heavy atom. The molecule has 0 aliphatic heterocycles. The average Bonchev–Trinajstić information content (AvgIpc) is 2.81. The Hall–Kier alpha value is -3.18. The molecule has 1 N–H and O–H groups in total. The summed E-state index contributed by atoms with van der Waals surface area (Å²) in [5.41, 5.74) is 1.55. The van der Waals surface area contributed by atoms with E-state index in [0.717, 1.165) is 5.56 Å². The molecule has 1 amide bonds. The van der Waals surface area contributed by atoms with Crippen LogP contribution in [0.5, 0.6) is 17.2 Å². The molecule has 0 saturated heterocycles. The maximum atomic E-state index is 13.1. The quantitative estimate of drug-likeness (QED) is 0.279. The van der Waals surface area contributed by atoms with Gasteiger partial charge in [0, 0.05) is 20.6 Å². The molecule has 33 heavy (non-hydrogen) atoms. The highest BCUT2D eigenvalue weighted by Crippen LogP contribution is 2.33. The van der Waals surface area contributed by atoms with Gasteiger partial charge in [-0.05, 0) is 54.6 Å². The molecule has 0 bridgehead atoms. The number of benzene rings is 4. The van der Waals surface area contributed by atoms with Crippen LogP contribution in [-0.2, 0) is 6.61 Å². The third-order valence-electron chi connectivity index (χ3n) is 4.69. The van der Waals surface area contributed by atoms with Gasteiger partial charge in [0.05, 0.1) is 11.3 Å². The number of rotatable bonds is 7. The molecule has 0 spiro atoms. The van der Waals surface area contributed by atoms with Crippen LogP contribution in [-0.4, -0.2) is 5.91 Å². The summed E-state index contributed by atoms with van der Waals surface area (Å²) in [5.74, 6) is 1.14. The number of nitrogens with one attached hydrogen (secondary N) is 1. The van der Waals surface area contributed by atoms with Crippen molar-refractivity contribution in [3.8, 4) is 17.2 Å². The zero-order valence-corrected chi connectivity index (χ0v) is 19.5. The van der Waals surface area contributed by atoms with Gasteiger partial charge in [-0.15, -0.1) is 0 Å². The highest BCUT2D eigenvalue weighted by Gasteiger charge is 2.16. The number of ether oxygens (including phenoxy) is 2. The minimum atomic E-state index is -0.368. The maximum Gasteiger partial charge on any atom is 0.259 e. The molecule has 166 valence electrons. The van der Waals surface area contributed by atoms with E-state index in [0.29, 0.717) is 43.6 Å². The SMILES string of the molecule is O=C(Nc1cc(Cl)ccc1Oc1ccccc1)c1ccccc1OCc1ccc(Cl)cc1Cl. The average molecular weight is 499 g/mol. The van der Waals surface area contributed by atoms with E-state index in [9.17, 15) is 4.79 Å². The molecule has 0 unspecified atom stereocenters. The van der Waals surface area contributed by atoms with Crippen molar-refractivity contribution >= 4 is 46.4 Å². The fourth-order valence-electron chi connectivity index (χ4n) is 3.07. The third kappa shape index (κ3) is 5.99. The van der Waals surface area contributed by atoms with E-state index in [-0.39, 0.29) is 12.5 Å². The zero-order chi connectivity index (χ0) is 23.2. The van der Waals surface area contributed by atoms with Crippen molar-refractivity contribution in [2.45, 2.75) is 6.61 Å². The van der Waals surface area contributed by atoms with Crippen LogP contribution in [0.3, 0.4) is 0 Å². The molecule has 0 aromatic heterocycles. The second-order valence-electron chi connectivity index (χ2n) is 7.03. The van der Waals surface area contributed by atoms with Gasteiger partial charge in [0.2, 0.25) is 0 Å². The Kier molecular flexibility index (Phi) is 7.40. The summed E-state index contributed by atoms with van der Waals surface area (Å²) in [7, 11) is 0. The van der Waals surface area contributed by atoms with Crippen LogP contribution >= 0.6 is 34.8 Å². The first kappa shape index (κ1) is 23.0. The summed E-state index contributed by atoms with van der Waals surface area (Å²) >= 11 is 18.4. The summed E-state index contributed by atoms with van der Waals surface area (Å²) in [4.78, 5) is 13.1. The van der Waals surface area contributed by atoms with Crippen LogP contribution < -0.4 is 14.8 Å². The van der Waals surface area contributed by atoms with Gasteiger partial charge in [-0.1, -0.05) is 71.2 Å². The van der Waals surface area contributed by atoms with Gasteiger partial charge in [0.25, 0.3) is 5.91 Å². The fourth-order valence-corrected chi connectivity index (χ4v) is 3.70. The van der Waals surface area contributed by atoms with E-state index in [1.807, 2.05) is 30.3 Å². The highest BCUT2D eigenvalue weighted by molar-refractivity contribution is 6.35. The van der Waals surface area contributed by atoms with Gasteiger partial charge in [-0.3, -0.25) is 4.79 Å². The zero-order valence-electron chi connectivity index (χ0n) is 17.2. The monoisotopic (exact) mass is 497 g/mol. The van der Waals surface area contributed by atoms with Crippen molar-refractivity contribution in [2.75, 3.05) is 5.32 Å². The van der Waals surface area contributed by atoms with Gasteiger partial charge in [0.1, 0.15) is 18.1 Å². The third-order valence-corrected chi connectivity index (χ3v) is 5.51.